The first-order chi connectivity index (χ1) is 8.63. The van der Waals surface area contributed by atoms with Gasteiger partial charge in [0.05, 0.1) is 12.7 Å². The molecule has 1 saturated carbocycles. The van der Waals surface area contributed by atoms with Gasteiger partial charge in [0.1, 0.15) is 6.04 Å². The highest BCUT2D eigenvalue weighted by atomic mass is 16.3. The number of hydrogen-bond donors (Lipinski definition) is 3. The second-order valence-electron chi connectivity index (χ2n) is 5.05. The van der Waals surface area contributed by atoms with E-state index in [0.29, 0.717) is 13.0 Å². The zero-order chi connectivity index (χ0) is 13.1. The van der Waals surface area contributed by atoms with Crippen molar-refractivity contribution in [2.24, 2.45) is 5.92 Å². The first-order valence-corrected chi connectivity index (χ1v) is 6.50. The van der Waals surface area contributed by atoms with Gasteiger partial charge in [0.2, 0.25) is 11.8 Å². The Balaban J connectivity index is 1.86. The van der Waals surface area contributed by atoms with E-state index < -0.39 is 12.1 Å². The molecule has 2 aliphatic rings. The van der Waals surface area contributed by atoms with Gasteiger partial charge in [-0.1, -0.05) is 0 Å². The van der Waals surface area contributed by atoms with Crippen molar-refractivity contribution in [2.75, 3.05) is 19.7 Å². The predicted molar refractivity (Wildman–Crippen MR) is 63.6 cm³/mol. The van der Waals surface area contributed by atoms with Crippen molar-refractivity contribution in [3.05, 3.63) is 0 Å². The smallest absolute Gasteiger partial charge is 0.242 e. The molecule has 0 bridgehead atoms. The minimum atomic E-state index is -0.942. The van der Waals surface area contributed by atoms with Gasteiger partial charge in [-0.2, -0.15) is 0 Å². The van der Waals surface area contributed by atoms with Crippen molar-refractivity contribution in [3.63, 3.8) is 0 Å². The van der Waals surface area contributed by atoms with Crippen LogP contribution in [0.2, 0.25) is 0 Å². The van der Waals surface area contributed by atoms with Crippen LogP contribution < -0.4 is 5.32 Å². The van der Waals surface area contributed by atoms with Crippen LogP contribution in [-0.2, 0) is 9.59 Å². The van der Waals surface area contributed by atoms with E-state index in [4.69, 9.17) is 5.11 Å². The van der Waals surface area contributed by atoms with Crippen LogP contribution in [0, 0.1) is 5.92 Å². The summed E-state index contributed by atoms with van der Waals surface area (Å²) >= 11 is 0. The molecule has 2 unspecified atom stereocenters. The average Bonchev–Trinajstić information content (AvgIpc) is 3.11. The van der Waals surface area contributed by atoms with Crippen molar-refractivity contribution in [1.29, 1.82) is 0 Å². The second-order valence-corrected chi connectivity index (χ2v) is 5.05. The molecule has 1 saturated heterocycles. The van der Waals surface area contributed by atoms with Crippen molar-refractivity contribution in [3.8, 4) is 0 Å². The van der Waals surface area contributed by atoms with Gasteiger partial charge in [-0.15, -0.1) is 0 Å². The standard InChI is InChI=1S/C12H20N2O4/c15-7-9(16)6-13-11(17)10-2-1-5-14(10)12(18)8-3-4-8/h8-10,15-16H,1-7H2,(H,13,17). The number of likely N-dealkylation sites (tertiary alicyclic amines) is 1. The molecule has 1 heterocycles. The normalized spacial score (nSPS) is 25.0. The zero-order valence-corrected chi connectivity index (χ0v) is 10.3. The Kier molecular flexibility index (Phi) is 4.19. The summed E-state index contributed by atoms with van der Waals surface area (Å²) in [4.78, 5) is 25.6. The lowest BCUT2D eigenvalue weighted by Gasteiger charge is -2.24. The molecule has 3 N–H and O–H groups in total. The summed E-state index contributed by atoms with van der Waals surface area (Å²) in [5.41, 5.74) is 0. The van der Waals surface area contributed by atoms with Crippen LogP contribution in [0.4, 0.5) is 0 Å². The van der Waals surface area contributed by atoms with Crippen LogP contribution in [0.25, 0.3) is 0 Å². The molecule has 0 aromatic heterocycles. The molecular weight excluding hydrogens is 236 g/mol. The van der Waals surface area contributed by atoms with Gasteiger partial charge in [0, 0.05) is 19.0 Å². The lowest BCUT2D eigenvalue weighted by molar-refractivity contribution is -0.139. The maximum atomic E-state index is 12.0. The summed E-state index contributed by atoms with van der Waals surface area (Å²) in [6.07, 6.45) is 2.46. The fraction of sp³-hybridized carbons (Fsp3) is 0.833. The topological polar surface area (TPSA) is 89.9 Å². The van der Waals surface area contributed by atoms with Gasteiger partial charge in [-0.25, -0.2) is 0 Å². The highest BCUT2D eigenvalue weighted by Crippen LogP contribution is 2.33. The molecular formula is C12H20N2O4. The van der Waals surface area contributed by atoms with Crippen LogP contribution in [0.5, 0.6) is 0 Å². The lowest BCUT2D eigenvalue weighted by atomic mass is 10.2. The summed E-state index contributed by atoms with van der Waals surface area (Å²) < 4.78 is 0. The van der Waals surface area contributed by atoms with E-state index in [1.807, 2.05) is 0 Å². The SMILES string of the molecule is O=C(NCC(O)CO)C1CCCN1C(=O)C1CC1. The van der Waals surface area contributed by atoms with Gasteiger partial charge in [0.25, 0.3) is 0 Å². The van der Waals surface area contributed by atoms with E-state index in [1.165, 1.54) is 0 Å². The molecule has 102 valence electrons. The molecule has 0 aromatic carbocycles. The van der Waals surface area contributed by atoms with Gasteiger partial charge in [-0.05, 0) is 25.7 Å². The van der Waals surface area contributed by atoms with Crippen LogP contribution in [0.3, 0.4) is 0 Å². The fourth-order valence-electron chi connectivity index (χ4n) is 2.27. The third-order valence-electron chi connectivity index (χ3n) is 3.49. The van der Waals surface area contributed by atoms with Gasteiger partial charge in [-0.3, -0.25) is 9.59 Å². The number of nitrogens with one attached hydrogen (secondary N) is 1. The predicted octanol–water partition coefficient (Wildman–Crippen LogP) is -1.14. The minimum absolute atomic E-state index is 0.0251. The maximum Gasteiger partial charge on any atom is 0.242 e. The van der Waals surface area contributed by atoms with E-state index in [9.17, 15) is 14.7 Å². The maximum absolute atomic E-state index is 12.0. The number of nitrogens with zero attached hydrogens (tertiary/aromatic N) is 1. The number of aliphatic hydroxyl groups excluding tert-OH is 2. The van der Waals surface area contributed by atoms with Gasteiger partial charge >= 0.3 is 0 Å². The van der Waals surface area contributed by atoms with Crippen LogP contribution in [0.1, 0.15) is 25.7 Å². The average molecular weight is 256 g/mol. The third-order valence-corrected chi connectivity index (χ3v) is 3.49. The first kappa shape index (κ1) is 13.3. The lowest BCUT2D eigenvalue weighted by Crippen LogP contribution is -2.48. The van der Waals surface area contributed by atoms with E-state index in [2.05, 4.69) is 5.32 Å². The summed E-state index contributed by atoms with van der Waals surface area (Å²) in [5.74, 6) is -0.00853. The molecule has 18 heavy (non-hydrogen) atoms. The molecule has 0 spiro atoms. The van der Waals surface area contributed by atoms with E-state index in [0.717, 1.165) is 19.3 Å². The summed E-state index contributed by atoms with van der Waals surface area (Å²) in [7, 11) is 0. The van der Waals surface area contributed by atoms with Crippen molar-refractivity contribution in [2.45, 2.75) is 37.8 Å². The molecule has 2 fully saturated rings. The summed E-state index contributed by atoms with van der Waals surface area (Å²) in [6.45, 7) is 0.295. The molecule has 1 aliphatic carbocycles. The summed E-state index contributed by atoms with van der Waals surface area (Å²) in [5, 5.41) is 20.4. The number of rotatable bonds is 5. The van der Waals surface area contributed by atoms with Crippen molar-refractivity contribution in [1.82, 2.24) is 10.2 Å². The number of amides is 2. The Morgan fingerprint density at radius 3 is 2.67 bits per heavy atom. The molecule has 0 aromatic rings. The Bertz CT molecular complexity index is 330. The third kappa shape index (κ3) is 3.00. The largest absolute Gasteiger partial charge is 0.394 e. The number of carbonyl (C=O) groups is 2. The van der Waals surface area contributed by atoms with Gasteiger partial charge in [0.15, 0.2) is 0 Å². The number of hydrogen-bond acceptors (Lipinski definition) is 4. The fourth-order valence-corrected chi connectivity index (χ4v) is 2.27. The van der Waals surface area contributed by atoms with Crippen LogP contribution in [0.15, 0.2) is 0 Å². The van der Waals surface area contributed by atoms with Gasteiger partial charge < -0.3 is 20.4 Å². The molecule has 0 radical (unpaired) electrons. The first-order valence-electron chi connectivity index (χ1n) is 6.50. The van der Waals surface area contributed by atoms with Crippen molar-refractivity contribution < 1.29 is 19.8 Å². The molecule has 1 aliphatic heterocycles. The van der Waals surface area contributed by atoms with Crippen LogP contribution in [-0.4, -0.2) is 58.8 Å². The Hall–Kier alpha value is -1.14. The Labute approximate surface area is 106 Å². The summed E-state index contributed by atoms with van der Waals surface area (Å²) in [6, 6.07) is -0.399. The molecule has 2 atom stereocenters. The van der Waals surface area contributed by atoms with E-state index in [-0.39, 0.29) is 30.9 Å². The monoisotopic (exact) mass is 256 g/mol. The molecule has 2 amide bonds. The molecule has 6 heteroatoms. The highest BCUT2D eigenvalue weighted by Gasteiger charge is 2.40. The highest BCUT2D eigenvalue weighted by molar-refractivity contribution is 5.89. The Morgan fingerprint density at radius 1 is 1.33 bits per heavy atom. The Morgan fingerprint density at radius 2 is 2.06 bits per heavy atom. The van der Waals surface area contributed by atoms with E-state index >= 15 is 0 Å². The van der Waals surface area contributed by atoms with E-state index in [1.54, 1.807) is 4.90 Å². The quantitative estimate of drug-likeness (QED) is 0.580. The zero-order valence-electron chi connectivity index (χ0n) is 10.3. The number of aliphatic hydroxyl groups is 2. The molecule has 6 nitrogen and oxygen atoms in total. The van der Waals surface area contributed by atoms with Crippen LogP contribution >= 0.6 is 0 Å². The van der Waals surface area contributed by atoms with Crippen molar-refractivity contribution >= 4 is 11.8 Å². The number of carbonyl (C=O) groups excluding carboxylic acids is 2. The second kappa shape index (κ2) is 5.67. The molecule has 2 rings (SSSR count). The minimum Gasteiger partial charge on any atom is -0.394 e.